The first kappa shape index (κ1) is 11.9. The Labute approximate surface area is 118 Å². The topological polar surface area (TPSA) is 50.4 Å². The second-order valence-corrected chi connectivity index (χ2v) is 5.98. The SMILES string of the molecule is CCc1nc2ccccc2n1C1/C(=N\O)C2CCC1C2. The fraction of sp³-hybridized carbons (Fsp3) is 0.500. The van der Waals surface area contributed by atoms with Crippen molar-refractivity contribution in [2.75, 3.05) is 0 Å². The molecule has 2 saturated carbocycles. The molecule has 1 N–H and O–H groups in total. The van der Waals surface area contributed by atoms with Crippen LogP contribution in [-0.2, 0) is 6.42 Å². The lowest BCUT2D eigenvalue weighted by atomic mass is 9.92. The van der Waals surface area contributed by atoms with E-state index >= 15 is 0 Å². The van der Waals surface area contributed by atoms with E-state index < -0.39 is 0 Å². The first-order valence-corrected chi connectivity index (χ1v) is 7.51. The van der Waals surface area contributed by atoms with E-state index in [1.807, 2.05) is 6.07 Å². The van der Waals surface area contributed by atoms with Crippen LogP contribution in [0.15, 0.2) is 29.4 Å². The van der Waals surface area contributed by atoms with Gasteiger partial charge in [-0.1, -0.05) is 24.2 Å². The Morgan fingerprint density at radius 1 is 1.35 bits per heavy atom. The van der Waals surface area contributed by atoms with Crippen LogP contribution >= 0.6 is 0 Å². The number of nitrogens with zero attached hydrogens (tertiary/aromatic N) is 3. The van der Waals surface area contributed by atoms with Gasteiger partial charge in [-0.2, -0.15) is 0 Å². The molecule has 0 spiro atoms. The van der Waals surface area contributed by atoms with Crippen molar-refractivity contribution >= 4 is 16.7 Å². The van der Waals surface area contributed by atoms with Gasteiger partial charge in [-0.25, -0.2) is 4.98 Å². The quantitative estimate of drug-likeness (QED) is 0.671. The summed E-state index contributed by atoms with van der Waals surface area (Å²) in [5.41, 5.74) is 3.19. The molecule has 2 bridgehead atoms. The summed E-state index contributed by atoms with van der Waals surface area (Å²) in [6.45, 7) is 2.14. The third-order valence-corrected chi connectivity index (χ3v) is 5.02. The molecule has 0 radical (unpaired) electrons. The first-order chi connectivity index (χ1) is 9.83. The summed E-state index contributed by atoms with van der Waals surface area (Å²) in [6, 6.07) is 8.49. The highest BCUT2D eigenvalue weighted by Crippen LogP contribution is 2.50. The Morgan fingerprint density at radius 2 is 2.20 bits per heavy atom. The number of fused-ring (bicyclic) bond motifs is 3. The lowest BCUT2D eigenvalue weighted by Gasteiger charge is -2.26. The molecule has 2 aromatic rings. The van der Waals surface area contributed by atoms with Crippen LogP contribution in [0.1, 0.15) is 38.1 Å². The van der Waals surface area contributed by atoms with E-state index in [0.29, 0.717) is 11.8 Å². The molecule has 0 saturated heterocycles. The summed E-state index contributed by atoms with van der Waals surface area (Å²) in [7, 11) is 0. The zero-order chi connectivity index (χ0) is 13.7. The van der Waals surface area contributed by atoms with Crippen molar-refractivity contribution in [1.82, 2.24) is 9.55 Å². The number of benzene rings is 1. The van der Waals surface area contributed by atoms with Crippen LogP contribution < -0.4 is 0 Å². The Kier molecular flexibility index (Phi) is 2.59. The zero-order valence-electron chi connectivity index (χ0n) is 11.7. The van der Waals surface area contributed by atoms with Crippen LogP contribution in [0.2, 0.25) is 0 Å². The minimum atomic E-state index is 0.209. The van der Waals surface area contributed by atoms with Gasteiger partial charge in [0, 0.05) is 12.3 Å². The molecule has 4 nitrogen and oxygen atoms in total. The van der Waals surface area contributed by atoms with Gasteiger partial charge in [0.05, 0.1) is 22.8 Å². The highest BCUT2D eigenvalue weighted by molar-refractivity contribution is 5.94. The van der Waals surface area contributed by atoms with Gasteiger partial charge in [0.25, 0.3) is 0 Å². The Hall–Kier alpha value is -1.84. The summed E-state index contributed by atoms with van der Waals surface area (Å²) in [4.78, 5) is 4.75. The van der Waals surface area contributed by atoms with Gasteiger partial charge >= 0.3 is 0 Å². The summed E-state index contributed by atoms with van der Waals surface area (Å²) < 4.78 is 2.33. The van der Waals surface area contributed by atoms with Gasteiger partial charge in [-0.15, -0.1) is 0 Å². The lowest BCUT2D eigenvalue weighted by Crippen LogP contribution is -2.27. The van der Waals surface area contributed by atoms with Crippen LogP contribution in [0.3, 0.4) is 0 Å². The van der Waals surface area contributed by atoms with Gasteiger partial charge in [-0.05, 0) is 37.3 Å². The normalized spacial score (nSPS) is 30.6. The molecule has 1 heterocycles. The molecule has 3 unspecified atom stereocenters. The van der Waals surface area contributed by atoms with Gasteiger partial charge in [0.15, 0.2) is 0 Å². The third-order valence-electron chi connectivity index (χ3n) is 5.02. The van der Waals surface area contributed by atoms with Crippen LogP contribution in [0.5, 0.6) is 0 Å². The fourth-order valence-corrected chi connectivity index (χ4v) is 4.19. The van der Waals surface area contributed by atoms with E-state index in [-0.39, 0.29) is 6.04 Å². The minimum Gasteiger partial charge on any atom is -0.411 e. The summed E-state index contributed by atoms with van der Waals surface area (Å²) in [6.07, 6.45) is 4.49. The van der Waals surface area contributed by atoms with Crippen molar-refractivity contribution in [3.63, 3.8) is 0 Å². The highest BCUT2D eigenvalue weighted by atomic mass is 16.4. The molecule has 20 heavy (non-hydrogen) atoms. The van der Waals surface area contributed by atoms with Gasteiger partial charge < -0.3 is 9.77 Å². The maximum absolute atomic E-state index is 9.45. The molecule has 1 aromatic heterocycles. The summed E-state index contributed by atoms with van der Waals surface area (Å²) >= 11 is 0. The van der Waals surface area contributed by atoms with E-state index in [1.54, 1.807) is 0 Å². The predicted octanol–water partition coefficient (Wildman–Crippen LogP) is 3.40. The molecular formula is C16H19N3O. The molecule has 4 rings (SSSR count). The maximum Gasteiger partial charge on any atom is 0.110 e. The van der Waals surface area contributed by atoms with Crippen molar-refractivity contribution in [3.8, 4) is 0 Å². The lowest BCUT2D eigenvalue weighted by molar-refractivity contribution is 0.307. The summed E-state index contributed by atoms with van der Waals surface area (Å²) in [5, 5.41) is 13.1. The number of para-hydroxylation sites is 2. The number of hydrogen-bond acceptors (Lipinski definition) is 3. The molecule has 0 amide bonds. The highest BCUT2D eigenvalue weighted by Gasteiger charge is 2.47. The second kappa shape index (κ2) is 4.33. The number of aromatic nitrogens is 2. The predicted molar refractivity (Wildman–Crippen MR) is 78.2 cm³/mol. The summed E-state index contributed by atoms with van der Waals surface area (Å²) in [5.74, 6) is 2.18. The number of aryl methyl sites for hydroxylation is 1. The molecule has 104 valence electrons. The first-order valence-electron chi connectivity index (χ1n) is 7.51. The van der Waals surface area contributed by atoms with E-state index in [9.17, 15) is 5.21 Å². The molecule has 1 aromatic carbocycles. The van der Waals surface area contributed by atoms with Crippen molar-refractivity contribution in [2.45, 2.75) is 38.6 Å². The number of rotatable bonds is 2. The van der Waals surface area contributed by atoms with Gasteiger partial charge in [-0.3, -0.25) is 0 Å². The monoisotopic (exact) mass is 269 g/mol. The minimum absolute atomic E-state index is 0.209. The average Bonchev–Trinajstić information content (AvgIpc) is 3.17. The number of hydrogen-bond donors (Lipinski definition) is 1. The molecule has 0 aliphatic heterocycles. The van der Waals surface area contributed by atoms with E-state index in [1.165, 1.54) is 24.8 Å². The maximum atomic E-state index is 9.45. The standard InChI is InChI=1S/C16H19N3O/c1-2-14-17-12-5-3-4-6-13(12)19(14)16-11-8-7-10(9-11)15(16)18-20/h3-6,10-11,16,20H,2,7-9H2,1H3/b18-15-. The van der Waals surface area contributed by atoms with E-state index in [0.717, 1.165) is 23.5 Å². The number of imidazole rings is 1. The molecule has 2 aliphatic rings. The van der Waals surface area contributed by atoms with Crippen LogP contribution in [0.4, 0.5) is 0 Å². The fourth-order valence-electron chi connectivity index (χ4n) is 4.19. The molecule has 3 atom stereocenters. The second-order valence-electron chi connectivity index (χ2n) is 5.98. The zero-order valence-corrected chi connectivity index (χ0v) is 11.7. The Balaban J connectivity index is 1.93. The van der Waals surface area contributed by atoms with Crippen molar-refractivity contribution < 1.29 is 5.21 Å². The number of oxime groups is 1. The van der Waals surface area contributed by atoms with Crippen molar-refractivity contribution in [3.05, 3.63) is 30.1 Å². The Morgan fingerprint density at radius 3 is 3.00 bits per heavy atom. The van der Waals surface area contributed by atoms with E-state index in [4.69, 9.17) is 4.98 Å². The molecular weight excluding hydrogens is 250 g/mol. The van der Waals surface area contributed by atoms with Crippen LogP contribution in [-0.4, -0.2) is 20.5 Å². The third kappa shape index (κ3) is 1.48. The van der Waals surface area contributed by atoms with Crippen molar-refractivity contribution in [1.29, 1.82) is 0 Å². The van der Waals surface area contributed by atoms with Gasteiger partial charge in [0.1, 0.15) is 5.82 Å². The molecule has 2 aliphatic carbocycles. The van der Waals surface area contributed by atoms with E-state index in [2.05, 4.69) is 34.8 Å². The van der Waals surface area contributed by atoms with Crippen LogP contribution in [0, 0.1) is 11.8 Å². The van der Waals surface area contributed by atoms with Crippen LogP contribution in [0.25, 0.3) is 11.0 Å². The smallest absolute Gasteiger partial charge is 0.110 e. The molecule has 4 heteroatoms. The molecule has 2 fully saturated rings. The van der Waals surface area contributed by atoms with Gasteiger partial charge in [0.2, 0.25) is 0 Å². The van der Waals surface area contributed by atoms with Crippen molar-refractivity contribution in [2.24, 2.45) is 17.0 Å². The largest absolute Gasteiger partial charge is 0.411 e. The average molecular weight is 269 g/mol. The Bertz CT molecular complexity index is 688.